The summed E-state index contributed by atoms with van der Waals surface area (Å²) in [5, 5.41) is 0. The van der Waals surface area contributed by atoms with E-state index in [1.807, 2.05) is 59.5 Å². The molecule has 31 heavy (non-hydrogen) atoms. The first kappa shape index (κ1) is 21.1. The van der Waals surface area contributed by atoms with E-state index < -0.39 is 0 Å². The van der Waals surface area contributed by atoms with Gasteiger partial charge in [0, 0.05) is 19.1 Å². The molecule has 0 aromatic heterocycles. The van der Waals surface area contributed by atoms with Gasteiger partial charge in [-0.1, -0.05) is 62.0 Å². The normalized spacial score (nSPS) is 18.9. The van der Waals surface area contributed by atoms with Crippen molar-refractivity contribution in [2.45, 2.75) is 32.7 Å². The third-order valence-corrected chi connectivity index (χ3v) is 6.73. The fourth-order valence-electron chi connectivity index (χ4n) is 4.98. The Hall–Kier alpha value is -3.11. The van der Waals surface area contributed by atoms with Gasteiger partial charge in [0.25, 0.3) is 5.91 Å². The summed E-state index contributed by atoms with van der Waals surface area (Å²) in [4.78, 5) is 15.3. The number of nitrogens with two attached hydrogens (primary N) is 1. The van der Waals surface area contributed by atoms with Crippen LogP contribution in [0.5, 0.6) is 11.5 Å². The van der Waals surface area contributed by atoms with Crippen LogP contribution in [0.15, 0.2) is 78.9 Å². The van der Waals surface area contributed by atoms with Crippen LogP contribution >= 0.6 is 0 Å². The molecule has 4 heteroatoms. The summed E-state index contributed by atoms with van der Waals surface area (Å²) >= 11 is 0. The van der Waals surface area contributed by atoms with Crippen molar-refractivity contribution in [2.75, 3.05) is 13.1 Å². The van der Waals surface area contributed by atoms with E-state index >= 15 is 0 Å². The molecule has 160 valence electrons. The summed E-state index contributed by atoms with van der Waals surface area (Å²) in [6, 6.07) is 25.6. The molecule has 1 saturated heterocycles. The van der Waals surface area contributed by atoms with Gasteiger partial charge in [-0.25, -0.2) is 0 Å². The summed E-state index contributed by atoms with van der Waals surface area (Å²) in [6.07, 6.45) is 2.87. The largest absolute Gasteiger partial charge is 0.457 e. The molecule has 0 unspecified atom stereocenters. The minimum absolute atomic E-state index is 0. The zero-order chi connectivity index (χ0) is 20.6. The first-order valence-electron chi connectivity index (χ1n) is 10.6. The number of hydrogen-bond acceptors (Lipinski definition) is 3. The first-order valence-corrected chi connectivity index (χ1v) is 10.6. The highest BCUT2D eigenvalue weighted by molar-refractivity contribution is 5.97. The Labute approximate surface area is 184 Å². The fourth-order valence-corrected chi connectivity index (χ4v) is 4.98. The molecule has 0 saturated carbocycles. The number of carbonyl (C=O) groups excluding carboxylic acids is 1. The number of piperidine rings is 1. The Bertz CT molecular complexity index is 1060. The van der Waals surface area contributed by atoms with Crippen LogP contribution < -0.4 is 10.5 Å². The van der Waals surface area contributed by atoms with Crippen molar-refractivity contribution >= 4 is 5.91 Å². The zero-order valence-corrected chi connectivity index (χ0v) is 17.0. The lowest BCUT2D eigenvalue weighted by molar-refractivity contribution is 0.0539. The van der Waals surface area contributed by atoms with E-state index in [9.17, 15) is 4.79 Å². The third kappa shape index (κ3) is 3.84. The predicted octanol–water partition coefficient (Wildman–Crippen LogP) is 5.59. The zero-order valence-electron chi connectivity index (χ0n) is 17.0. The van der Waals surface area contributed by atoms with Crippen molar-refractivity contribution in [3.8, 4) is 11.5 Å². The van der Waals surface area contributed by atoms with Gasteiger partial charge in [0.2, 0.25) is 0 Å². The van der Waals surface area contributed by atoms with Crippen molar-refractivity contribution in [1.29, 1.82) is 0 Å². The molecular weight excluding hydrogens is 384 g/mol. The average Bonchev–Trinajstić information content (AvgIpc) is 3.06. The summed E-state index contributed by atoms with van der Waals surface area (Å²) in [7, 11) is 0. The van der Waals surface area contributed by atoms with E-state index in [1.54, 1.807) is 0 Å². The molecule has 1 aliphatic carbocycles. The van der Waals surface area contributed by atoms with Gasteiger partial charge in [0.15, 0.2) is 0 Å². The second kappa shape index (κ2) is 8.56. The van der Waals surface area contributed by atoms with Gasteiger partial charge in [-0.2, -0.15) is 0 Å². The number of amides is 1. The molecule has 1 fully saturated rings. The molecule has 1 heterocycles. The molecule has 3 aromatic carbocycles. The van der Waals surface area contributed by atoms with E-state index in [1.165, 1.54) is 11.1 Å². The maximum Gasteiger partial charge on any atom is 0.257 e. The van der Waals surface area contributed by atoms with Crippen molar-refractivity contribution in [3.05, 3.63) is 95.6 Å². The van der Waals surface area contributed by atoms with Gasteiger partial charge in [-0.05, 0) is 60.1 Å². The number of fused-ring (bicyclic) bond motifs is 1. The smallest absolute Gasteiger partial charge is 0.257 e. The number of likely N-dealkylation sites (tertiary alicyclic amines) is 1. The minimum atomic E-state index is 0. The molecule has 1 aliphatic heterocycles. The summed E-state index contributed by atoms with van der Waals surface area (Å²) in [6.45, 7) is 1.44. The van der Waals surface area contributed by atoms with Gasteiger partial charge in [0.1, 0.15) is 11.5 Å². The fraction of sp³-hybridized carbons (Fsp3) is 0.296. The molecule has 5 rings (SSSR count). The standard InChI is InChI=1S/C26H26N2O2.CH4/c27-24-21-11-5-4-8-19(21)18-26(24)14-16-28(17-15-26)25(29)22-12-6-7-13-23(22)30-20-9-2-1-3-10-20;/h1-13,24H,14-18,27H2;1H4/t24-;/m1./s1. The van der Waals surface area contributed by atoms with Crippen molar-refractivity contribution in [2.24, 2.45) is 11.1 Å². The van der Waals surface area contributed by atoms with E-state index in [0.29, 0.717) is 11.3 Å². The predicted molar refractivity (Wildman–Crippen MR) is 124 cm³/mol. The number of carbonyl (C=O) groups is 1. The molecule has 2 N–H and O–H groups in total. The van der Waals surface area contributed by atoms with E-state index in [2.05, 4.69) is 24.3 Å². The molecule has 0 radical (unpaired) electrons. The van der Waals surface area contributed by atoms with Crippen molar-refractivity contribution in [3.63, 3.8) is 0 Å². The van der Waals surface area contributed by atoms with Gasteiger partial charge in [0.05, 0.1) is 5.56 Å². The van der Waals surface area contributed by atoms with Crippen LogP contribution in [-0.2, 0) is 6.42 Å². The Balaban J connectivity index is 0.00000231. The minimum Gasteiger partial charge on any atom is -0.457 e. The van der Waals surface area contributed by atoms with Crippen molar-refractivity contribution in [1.82, 2.24) is 4.90 Å². The number of rotatable bonds is 3. The Kier molecular flexibility index (Phi) is 5.84. The Morgan fingerprint density at radius 1 is 0.903 bits per heavy atom. The second-order valence-corrected chi connectivity index (χ2v) is 8.42. The summed E-state index contributed by atoms with van der Waals surface area (Å²) in [5.74, 6) is 1.35. The van der Waals surface area contributed by atoms with Crippen LogP contribution in [0.25, 0.3) is 0 Å². The van der Waals surface area contributed by atoms with Crippen LogP contribution in [0.1, 0.15) is 47.8 Å². The van der Waals surface area contributed by atoms with Crippen LogP contribution in [0.3, 0.4) is 0 Å². The average molecular weight is 415 g/mol. The summed E-state index contributed by atoms with van der Waals surface area (Å²) < 4.78 is 6.01. The van der Waals surface area contributed by atoms with Crippen LogP contribution in [0.4, 0.5) is 0 Å². The topological polar surface area (TPSA) is 55.6 Å². The molecule has 4 nitrogen and oxygen atoms in total. The van der Waals surface area contributed by atoms with Crippen LogP contribution in [0, 0.1) is 5.41 Å². The lowest BCUT2D eigenvalue weighted by Gasteiger charge is -2.42. The number of hydrogen-bond donors (Lipinski definition) is 1. The van der Waals surface area contributed by atoms with Gasteiger partial charge in [-0.15, -0.1) is 0 Å². The molecule has 2 aliphatic rings. The molecular formula is C27H30N2O2. The van der Waals surface area contributed by atoms with Crippen LogP contribution in [-0.4, -0.2) is 23.9 Å². The second-order valence-electron chi connectivity index (χ2n) is 8.42. The quantitative estimate of drug-likeness (QED) is 0.607. The molecule has 1 spiro atoms. The Morgan fingerprint density at radius 2 is 1.55 bits per heavy atom. The molecule has 0 bridgehead atoms. The lowest BCUT2D eigenvalue weighted by atomic mass is 9.73. The number of para-hydroxylation sites is 2. The van der Waals surface area contributed by atoms with E-state index in [0.717, 1.165) is 38.1 Å². The molecule has 1 atom stereocenters. The first-order chi connectivity index (χ1) is 14.7. The molecule has 1 amide bonds. The number of benzene rings is 3. The number of nitrogens with zero attached hydrogens (tertiary/aromatic N) is 1. The highest BCUT2D eigenvalue weighted by Gasteiger charge is 2.46. The van der Waals surface area contributed by atoms with E-state index in [4.69, 9.17) is 10.5 Å². The summed E-state index contributed by atoms with van der Waals surface area (Å²) in [5.41, 5.74) is 10.00. The third-order valence-electron chi connectivity index (χ3n) is 6.73. The highest BCUT2D eigenvalue weighted by Crippen LogP contribution is 2.50. The highest BCUT2D eigenvalue weighted by atomic mass is 16.5. The SMILES string of the molecule is C.N[C@@H]1c2ccccc2CC12CCN(C(=O)c1ccccc1Oc1ccccc1)CC2. The van der Waals surface area contributed by atoms with Gasteiger partial charge in [-0.3, -0.25) is 4.79 Å². The van der Waals surface area contributed by atoms with Gasteiger partial charge >= 0.3 is 0 Å². The molecule has 3 aromatic rings. The van der Waals surface area contributed by atoms with Crippen LogP contribution in [0.2, 0.25) is 0 Å². The number of ether oxygens (including phenoxy) is 1. The Morgan fingerprint density at radius 3 is 2.29 bits per heavy atom. The maximum atomic E-state index is 13.3. The maximum absolute atomic E-state index is 13.3. The van der Waals surface area contributed by atoms with E-state index in [-0.39, 0.29) is 24.8 Å². The monoisotopic (exact) mass is 414 g/mol. The van der Waals surface area contributed by atoms with Gasteiger partial charge < -0.3 is 15.4 Å². The van der Waals surface area contributed by atoms with Crippen molar-refractivity contribution < 1.29 is 9.53 Å². The lowest BCUT2D eigenvalue weighted by Crippen LogP contribution is -2.46.